The number of nitrogens with one attached hydrogen (secondary N) is 2. The predicted octanol–water partition coefficient (Wildman–Crippen LogP) is 6.84. The molecule has 0 saturated heterocycles. The van der Waals surface area contributed by atoms with Crippen LogP contribution in [0.25, 0.3) is 0 Å². The molecule has 4 rings (SSSR count). The van der Waals surface area contributed by atoms with Gasteiger partial charge in [-0.25, -0.2) is 0 Å². The number of amides is 2. The number of methoxy groups -OCH3 is 1. The van der Waals surface area contributed by atoms with Gasteiger partial charge in [0.1, 0.15) is 0 Å². The lowest BCUT2D eigenvalue weighted by Crippen LogP contribution is -2.27. The maximum atomic E-state index is 13.7. The van der Waals surface area contributed by atoms with Crippen molar-refractivity contribution in [3.05, 3.63) is 106 Å². The molecule has 0 fully saturated rings. The maximum Gasteiger partial charge on any atom is 0.416 e. The van der Waals surface area contributed by atoms with Crippen molar-refractivity contribution in [2.45, 2.75) is 45.6 Å². The van der Waals surface area contributed by atoms with Crippen LogP contribution in [0.1, 0.15) is 58.9 Å². The molecule has 3 aromatic carbocycles. The molecule has 15 nitrogen and oxygen atoms in total. The van der Waals surface area contributed by atoms with Crippen LogP contribution in [0.15, 0.2) is 83.4 Å². The molecule has 0 aromatic heterocycles. The molecular weight excluding hydrogens is 878 g/mol. The summed E-state index contributed by atoms with van der Waals surface area (Å²) in [4.78, 5) is 33.8. The zero-order valence-electron chi connectivity index (χ0n) is 39.0. The SMILES string of the molecule is CCN(CC)c1ccc(NC(=O)c2cccc(COCCOCCOCCOCCOCCOCCOCCOCCOC)c2)c(C2CC(C(=O)NCc3cccc(C(F)(F)F)c3)=CC=N2)c1. The number of aliphatic imine (C=N–C) groups is 1. The number of ether oxygens (including phenoxy) is 9. The van der Waals surface area contributed by atoms with Crippen LogP contribution in [0.4, 0.5) is 24.5 Å². The molecular formula is C49H67F3N4O11. The minimum absolute atomic E-state index is 0.0750. The van der Waals surface area contributed by atoms with Crippen molar-refractivity contribution in [2.24, 2.45) is 4.99 Å². The van der Waals surface area contributed by atoms with E-state index in [1.807, 2.05) is 24.3 Å². The number of rotatable bonds is 35. The van der Waals surface area contributed by atoms with Crippen molar-refractivity contribution in [1.82, 2.24) is 5.32 Å². The van der Waals surface area contributed by atoms with Gasteiger partial charge in [-0.3, -0.25) is 14.6 Å². The molecule has 0 radical (unpaired) electrons. The first-order chi connectivity index (χ1) is 32.6. The molecule has 67 heavy (non-hydrogen) atoms. The second-order valence-electron chi connectivity index (χ2n) is 15.0. The number of alkyl halides is 3. The molecule has 18 heteroatoms. The lowest BCUT2D eigenvalue weighted by atomic mass is 9.94. The smallest absolute Gasteiger partial charge is 0.382 e. The molecule has 1 unspecified atom stereocenters. The van der Waals surface area contributed by atoms with Gasteiger partial charge in [-0.05, 0) is 73.5 Å². The average Bonchev–Trinajstić information content (AvgIpc) is 3.34. The van der Waals surface area contributed by atoms with Crippen molar-refractivity contribution in [2.75, 3.05) is 136 Å². The lowest BCUT2D eigenvalue weighted by Gasteiger charge is -2.26. The van der Waals surface area contributed by atoms with E-state index in [0.29, 0.717) is 128 Å². The fourth-order valence-electron chi connectivity index (χ4n) is 6.67. The van der Waals surface area contributed by atoms with Crippen LogP contribution in [-0.4, -0.2) is 144 Å². The van der Waals surface area contributed by atoms with E-state index in [0.717, 1.165) is 42.0 Å². The van der Waals surface area contributed by atoms with E-state index in [-0.39, 0.29) is 25.5 Å². The van der Waals surface area contributed by atoms with E-state index in [9.17, 15) is 22.8 Å². The Balaban J connectivity index is 1.12. The number of hydrogen-bond acceptors (Lipinski definition) is 13. The van der Waals surface area contributed by atoms with Gasteiger partial charge in [0.2, 0.25) is 5.91 Å². The highest BCUT2D eigenvalue weighted by Gasteiger charge is 2.30. The summed E-state index contributed by atoms with van der Waals surface area (Å²) in [7, 11) is 1.63. The van der Waals surface area contributed by atoms with Crippen LogP contribution < -0.4 is 15.5 Å². The Labute approximate surface area is 392 Å². The lowest BCUT2D eigenvalue weighted by molar-refractivity contribution is -0.137. The highest BCUT2D eigenvalue weighted by Crippen LogP contribution is 2.36. The highest BCUT2D eigenvalue weighted by atomic mass is 19.4. The minimum Gasteiger partial charge on any atom is -0.382 e. The van der Waals surface area contributed by atoms with E-state index in [2.05, 4.69) is 34.4 Å². The van der Waals surface area contributed by atoms with Crippen molar-refractivity contribution < 1.29 is 65.4 Å². The molecule has 3 aromatic rings. The number of benzene rings is 3. The number of hydrogen-bond donors (Lipinski definition) is 2. The summed E-state index contributed by atoms with van der Waals surface area (Å²) < 4.78 is 88.8. The van der Waals surface area contributed by atoms with E-state index in [1.54, 1.807) is 37.6 Å². The first-order valence-corrected chi connectivity index (χ1v) is 22.7. The van der Waals surface area contributed by atoms with Gasteiger partial charge < -0.3 is 58.2 Å². The summed E-state index contributed by atoms with van der Waals surface area (Å²) in [5.74, 6) is -0.741. The van der Waals surface area contributed by atoms with Crippen molar-refractivity contribution in [3.8, 4) is 0 Å². The van der Waals surface area contributed by atoms with Gasteiger partial charge in [-0.2, -0.15) is 13.2 Å². The standard InChI is InChI=1S/C49H67F3N4O11/c1-4-56(5-2)43-12-13-45(44(35-43)46-34-41(14-15-53-46)47(57)54-36-38-8-7-11-42(33-38)49(50,51)52)55-48(58)40-10-6-9-39(32-40)37-67-31-30-66-29-28-65-27-26-64-25-24-63-23-22-62-21-20-61-19-18-60-17-16-59-3/h6-15,32-33,35,46H,4-5,16-31,34,36-37H2,1-3H3,(H,54,57)(H,55,58). The van der Waals surface area contributed by atoms with Gasteiger partial charge in [0, 0.05) is 67.5 Å². The van der Waals surface area contributed by atoms with Crippen LogP contribution in [0.5, 0.6) is 0 Å². The molecule has 1 heterocycles. The molecule has 2 N–H and O–H groups in total. The first kappa shape index (κ1) is 54.8. The highest BCUT2D eigenvalue weighted by molar-refractivity contribution is 6.05. The van der Waals surface area contributed by atoms with Gasteiger partial charge in [-0.1, -0.05) is 24.3 Å². The van der Waals surface area contributed by atoms with Crippen molar-refractivity contribution >= 4 is 29.4 Å². The number of carbonyl (C=O) groups excluding carboxylic acids is 2. The number of allylic oxidation sites excluding steroid dienone is 1. The third-order valence-corrected chi connectivity index (χ3v) is 10.2. The molecule has 370 valence electrons. The Morgan fingerprint density at radius 1 is 0.657 bits per heavy atom. The van der Waals surface area contributed by atoms with E-state index >= 15 is 0 Å². The Morgan fingerprint density at radius 3 is 1.75 bits per heavy atom. The third kappa shape index (κ3) is 21.4. The molecule has 0 aliphatic carbocycles. The summed E-state index contributed by atoms with van der Waals surface area (Å²) in [5, 5.41) is 5.80. The van der Waals surface area contributed by atoms with Gasteiger partial charge in [0.25, 0.3) is 5.91 Å². The molecule has 1 aliphatic heterocycles. The van der Waals surface area contributed by atoms with Crippen LogP contribution >= 0.6 is 0 Å². The fourth-order valence-corrected chi connectivity index (χ4v) is 6.67. The maximum absolute atomic E-state index is 13.7. The van der Waals surface area contributed by atoms with E-state index in [1.165, 1.54) is 12.1 Å². The summed E-state index contributed by atoms with van der Waals surface area (Å²) >= 11 is 0. The first-order valence-electron chi connectivity index (χ1n) is 22.7. The second kappa shape index (κ2) is 32.1. The van der Waals surface area contributed by atoms with Crippen LogP contribution in [0.2, 0.25) is 0 Å². The molecule has 0 bridgehead atoms. The number of halogens is 3. The summed E-state index contributed by atoms with van der Waals surface area (Å²) in [6.07, 6.45) is -1.12. The molecule has 0 saturated carbocycles. The van der Waals surface area contributed by atoms with Crippen LogP contribution in [0.3, 0.4) is 0 Å². The van der Waals surface area contributed by atoms with Crippen LogP contribution in [0, 0.1) is 0 Å². The quantitative estimate of drug-likeness (QED) is 0.0593. The largest absolute Gasteiger partial charge is 0.416 e. The predicted molar refractivity (Wildman–Crippen MR) is 249 cm³/mol. The Kier molecular flexibility index (Phi) is 26.3. The van der Waals surface area contributed by atoms with E-state index < -0.39 is 23.7 Å². The summed E-state index contributed by atoms with van der Waals surface area (Å²) in [6, 6.07) is 17.3. The molecule has 0 spiro atoms. The fraction of sp³-hybridized carbons (Fsp3) is 0.531. The normalized spacial score (nSPS) is 13.7. The third-order valence-electron chi connectivity index (χ3n) is 10.2. The zero-order valence-corrected chi connectivity index (χ0v) is 39.0. The Hall–Kier alpha value is -4.76. The van der Waals surface area contributed by atoms with Gasteiger partial charge >= 0.3 is 6.18 Å². The molecule has 1 atom stereocenters. The van der Waals surface area contributed by atoms with Crippen LogP contribution in [-0.2, 0) is 66.8 Å². The van der Waals surface area contributed by atoms with E-state index in [4.69, 9.17) is 42.6 Å². The van der Waals surface area contributed by atoms with Gasteiger partial charge in [-0.15, -0.1) is 0 Å². The van der Waals surface area contributed by atoms with Gasteiger partial charge in [0.15, 0.2) is 0 Å². The number of anilines is 2. The monoisotopic (exact) mass is 944 g/mol. The average molecular weight is 945 g/mol. The summed E-state index contributed by atoms with van der Waals surface area (Å²) in [6.45, 7) is 13.4. The second-order valence-corrected chi connectivity index (χ2v) is 15.0. The number of carbonyl (C=O) groups is 2. The summed E-state index contributed by atoms with van der Waals surface area (Å²) in [5.41, 5.74) is 3.41. The minimum atomic E-state index is -4.49. The molecule has 1 aliphatic rings. The Morgan fingerprint density at radius 2 is 1.19 bits per heavy atom. The van der Waals surface area contributed by atoms with Crippen molar-refractivity contribution in [1.29, 1.82) is 0 Å². The number of dihydropyridines is 1. The topological polar surface area (TPSA) is 157 Å². The Bertz CT molecular complexity index is 1950. The zero-order chi connectivity index (χ0) is 48.0. The molecule has 2 amide bonds. The van der Waals surface area contributed by atoms with Gasteiger partial charge in [0.05, 0.1) is 124 Å². The number of nitrogens with zero attached hydrogens (tertiary/aromatic N) is 2. The van der Waals surface area contributed by atoms with Crippen molar-refractivity contribution in [3.63, 3.8) is 0 Å².